The number of carbonyl (C=O) groups excluding carboxylic acids is 2. The number of benzene rings is 2. The summed E-state index contributed by atoms with van der Waals surface area (Å²) in [5.41, 5.74) is 2.77. The zero-order valence-corrected chi connectivity index (χ0v) is 22.5. The molecule has 2 aromatic heterocycles. The highest BCUT2D eigenvalue weighted by Gasteiger charge is 2.55. The Bertz CT molecular complexity index is 1570. The summed E-state index contributed by atoms with van der Waals surface area (Å²) in [4.78, 5) is 30.2. The molecule has 1 N–H and O–H groups in total. The van der Waals surface area contributed by atoms with Crippen molar-refractivity contribution >= 4 is 17.4 Å². The number of amides is 1. The van der Waals surface area contributed by atoms with E-state index in [2.05, 4.69) is 10.3 Å². The van der Waals surface area contributed by atoms with Crippen LogP contribution in [0, 0.1) is 11.3 Å². The molecule has 2 heterocycles. The molecule has 0 saturated heterocycles. The number of rotatable bonds is 7. The lowest BCUT2D eigenvalue weighted by Crippen LogP contribution is -2.57. The molecule has 2 aromatic carbocycles. The van der Waals surface area contributed by atoms with Crippen molar-refractivity contribution in [1.82, 2.24) is 14.7 Å². The van der Waals surface area contributed by atoms with Crippen LogP contribution >= 0.6 is 0 Å². The first-order valence-electron chi connectivity index (χ1n) is 13.8. The van der Waals surface area contributed by atoms with E-state index >= 15 is 0 Å². The van der Waals surface area contributed by atoms with Crippen molar-refractivity contribution in [3.8, 4) is 0 Å². The molecule has 41 heavy (non-hydrogen) atoms. The number of hydrogen-bond donors (Lipinski definition) is 1. The van der Waals surface area contributed by atoms with Gasteiger partial charge in [-0.15, -0.1) is 0 Å². The molecule has 1 amide bonds. The van der Waals surface area contributed by atoms with Gasteiger partial charge in [-0.1, -0.05) is 48.5 Å². The van der Waals surface area contributed by atoms with Gasteiger partial charge in [-0.25, -0.2) is 4.98 Å². The Morgan fingerprint density at radius 3 is 2.41 bits per heavy atom. The first kappa shape index (κ1) is 27.1. The third kappa shape index (κ3) is 5.45. The minimum Gasteiger partial charge on any atom is -0.458 e. The van der Waals surface area contributed by atoms with E-state index in [0.29, 0.717) is 23.2 Å². The van der Waals surface area contributed by atoms with Gasteiger partial charge in [0.1, 0.15) is 12.4 Å². The Kier molecular flexibility index (Phi) is 6.83. The van der Waals surface area contributed by atoms with E-state index in [1.807, 2.05) is 49.4 Å². The molecule has 2 aliphatic rings. The van der Waals surface area contributed by atoms with Gasteiger partial charge in [-0.3, -0.25) is 9.59 Å². The van der Waals surface area contributed by atoms with E-state index in [-0.39, 0.29) is 35.4 Å². The number of aromatic nitrogens is 2. The lowest BCUT2D eigenvalue weighted by Gasteiger charge is -2.57. The van der Waals surface area contributed by atoms with Crippen LogP contribution in [0.2, 0.25) is 0 Å². The fraction of sp³-hybridized carbons (Fsp3) is 0.344. The smallest absolute Gasteiger partial charge is 0.416 e. The minimum atomic E-state index is -4.39. The number of nitrogens with one attached hydrogen (secondary N) is 1. The van der Waals surface area contributed by atoms with E-state index in [9.17, 15) is 22.8 Å². The van der Waals surface area contributed by atoms with Crippen molar-refractivity contribution in [2.24, 2.45) is 11.3 Å². The number of imidazole rings is 1. The monoisotopic (exact) mass is 561 g/mol. The van der Waals surface area contributed by atoms with Crippen molar-refractivity contribution in [2.45, 2.75) is 57.3 Å². The van der Waals surface area contributed by atoms with Crippen molar-refractivity contribution in [3.05, 3.63) is 107 Å². The second-order valence-corrected chi connectivity index (χ2v) is 11.4. The maximum atomic E-state index is 13.2. The van der Waals surface area contributed by atoms with Gasteiger partial charge in [-0.2, -0.15) is 13.2 Å². The van der Waals surface area contributed by atoms with Crippen molar-refractivity contribution < 1.29 is 27.5 Å². The molecule has 0 aliphatic heterocycles. The summed E-state index contributed by atoms with van der Waals surface area (Å²) in [6, 6.07) is 18.4. The van der Waals surface area contributed by atoms with E-state index < -0.39 is 11.7 Å². The fourth-order valence-corrected chi connectivity index (χ4v) is 6.35. The Hall–Kier alpha value is -4.14. The standard InChI is InChI=1S/C32H30F3N3O3/c1-20(22-6-3-2-4-7-22)41-30(40)24-15-31(16-24)17-26(18-31)37-29(39)27-28-23(8-5-13-38(28)19-36-27)14-21-9-11-25(12-10-21)32(33,34)35/h2-13,19-20,24,26H,14-18H2,1H3,(H,37,39)/t20-,24?,26?,31?/m0/s1. The molecule has 1 atom stereocenters. The number of hydrogen-bond acceptors (Lipinski definition) is 4. The van der Waals surface area contributed by atoms with Crippen LogP contribution in [0.4, 0.5) is 13.2 Å². The van der Waals surface area contributed by atoms with E-state index in [1.54, 1.807) is 16.9 Å². The van der Waals surface area contributed by atoms with E-state index in [1.165, 1.54) is 12.1 Å². The van der Waals surface area contributed by atoms with Crippen molar-refractivity contribution in [3.63, 3.8) is 0 Å². The predicted octanol–water partition coefficient (Wildman–Crippen LogP) is 6.54. The summed E-state index contributed by atoms with van der Waals surface area (Å²) in [5.74, 6) is -0.550. The average Bonchev–Trinajstić information content (AvgIpc) is 3.35. The number of fused-ring (bicyclic) bond motifs is 1. The third-order valence-electron chi connectivity index (χ3n) is 8.48. The summed E-state index contributed by atoms with van der Waals surface area (Å²) >= 11 is 0. The summed E-state index contributed by atoms with van der Waals surface area (Å²) in [7, 11) is 0. The molecule has 2 fully saturated rings. The topological polar surface area (TPSA) is 72.7 Å². The molecule has 2 aliphatic carbocycles. The predicted molar refractivity (Wildman–Crippen MR) is 146 cm³/mol. The van der Waals surface area contributed by atoms with Gasteiger partial charge in [0.05, 0.1) is 17.0 Å². The van der Waals surface area contributed by atoms with Crippen LogP contribution in [0.3, 0.4) is 0 Å². The Labute approximate surface area is 235 Å². The van der Waals surface area contributed by atoms with Crippen LogP contribution in [0.15, 0.2) is 79.3 Å². The maximum absolute atomic E-state index is 13.2. The van der Waals surface area contributed by atoms with Gasteiger partial charge < -0.3 is 14.5 Å². The largest absolute Gasteiger partial charge is 0.458 e. The van der Waals surface area contributed by atoms with E-state index in [4.69, 9.17) is 4.74 Å². The molecule has 6 rings (SSSR count). The van der Waals surface area contributed by atoms with Crippen LogP contribution < -0.4 is 5.32 Å². The zero-order valence-electron chi connectivity index (χ0n) is 22.5. The van der Waals surface area contributed by atoms with Gasteiger partial charge >= 0.3 is 12.1 Å². The molecule has 0 unspecified atom stereocenters. The molecule has 1 spiro atoms. The second-order valence-electron chi connectivity index (χ2n) is 11.4. The van der Waals surface area contributed by atoms with Gasteiger partial charge in [0, 0.05) is 12.2 Å². The fourth-order valence-electron chi connectivity index (χ4n) is 6.35. The lowest BCUT2D eigenvalue weighted by atomic mass is 9.50. The molecular weight excluding hydrogens is 531 g/mol. The highest BCUT2D eigenvalue weighted by atomic mass is 19.4. The molecule has 9 heteroatoms. The zero-order chi connectivity index (χ0) is 28.8. The number of ether oxygens (including phenoxy) is 1. The minimum absolute atomic E-state index is 0.00142. The maximum Gasteiger partial charge on any atom is 0.416 e. The average molecular weight is 562 g/mol. The molecule has 6 nitrogen and oxygen atoms in total. The third-order valence-corrected chi connectivity index (χ3v) is 8.48. The normalized spacial score (nSPS) is 22.5. The lowest BCUT2D eigenvalue weighted by molar-refractivity contribution is -0.167. The molecule has 4 aromatic rings. The van der Waals surface area contributed by atoms with Crippen LogP contribution in [0.25, 0.3) is 5.52 Å². The number of alkyl halides is 3. The quantitative estimate of drug-likeness (QED) is 0.260. The Balaban J connectivity index is 1.05. The van der Waals surface area contributed by atoms with Gasteiger partial charge in [0.25, 0.3) is 5.91 Å². The van der Waals surface area contributed by atoms with Crippen molar-refractivity contribution in [2.75, 3.05) is 0 Å². The Morgan fingerprint density at radius 1 is 1.02 bits per heavy atom. The first-order valence-corrected chi connectivity index (χ1v) is 13.8. The summed E-state index contributed by atoms with van der Waals surface area (Å²) < 4.78 is 46.3. The van der Waals surface area contributed by atoms with Crippen LogP contribution in [0.1, 0.15) is 71.5 Å². The number of esters is 1. The number of halogens is 3. The highest BCUT2D eigenvalue weighted by molar-refractivity contribution is 6.00. The van der Waals surface area contributed by atoms with Crippen molar-refractivity contribution in [1.29, 1.82) is 0 Å². The SMILES string of the molecule is C[C@H](OC(=O)C1CC2(CC(NC(=O)c3ncn4cccc(Cc5ccc(C(F)(F)F)cc5)c34)C2)C1)c1ccccc1. The molecule has 2 saturated carbocycles. The molecule has 0 bridgehead atoms. The summed E-state index contributed by atoms with van der Waals surface area (Å²) in [5, 5.41) is 3.09. The highest BCUT2D eigenvalue weighted by Crippen LogP contribution is 2.59. The number of pyridine rings is 1. The van der Waals surface area contributed by atoms with Crippen LogP contribution in [-0.2, 0) is 22.1 Å². The van der Waals surface area contributed by atoms with Crippen LogP contribution in [0.5, 0.6) is 0 Å². The van der Waals surface area contributed by atoms with E-state index in [0.717, 1.165) is 48.9 Å². The van der Waals surface area contributed by atoms with Gasteiger partial charge in [-0.05, 0) is 79.3 Å². The van der Waals surface area contributed by atoms with Crippen LogP contribution in [-0.4, -0.2) is 27.3 Å². The number of nitrogens with zero attached hydrogens (tertiary/aromatic N) is 2. The molecule has 0 radical (unpaired) electrons. The Morgan fingerprint density at radius 2 is 1.73 bits per heavy atom. The summed E-state index contributed by atoms with van der Waals surface area (Å²) in [6.07, 6.45) is 2.20. The molecule has 212 valence electrons. The number of carbonyl (C=O) groups is 2. The summed E-state index contributed by atoms with van der Waals surface area (Å²) in [6.45, 7) is 1.88. The van der Waals surface area contributed by atoms with Gasteiger partial charge in [0.15, 0.2) is 5.69 Å². The molecular formula is C32H30F3N3O3. The first-order chi connectivity index (χ1) is 19.6. The second kappa shape index (κ2) is 10.4. The van der Waals surface area contributed by atoms with Gasteiger partial charge in [0.2, 0.25) is 0 Å².